The van der Waals surface area contributed by atoms with Crippen molar-refractivity contribution in [1.82, 2.24) is 4.90 Å². The predicted octanol–water partition coefficient (Wildman–Crippen LogP) is 4.87. The molecular weight excluding hydrogens is 342 g/mol. The van der Waals surface area contributed by atoms with Gasteiger partial charge in [-0.05, 0) is 42.2 Å². The summed E-state index contributed by atoms with van der Waals surface area (Å²) in [5.41, 5.74) is 2.03. The third-order valence-electron chi connectivity index (χ3n) is 4.69. The highest BCUT2D eigenvalue weighted by atomic mass is 32.2. The molecule has 1 unspecified atom stereocenters. The molecule has 2 aromatic carbocycles. The summed E-state index contributed by atoms with van der Waals surface area (Å²) < 4.78 is 5.91. The topological polar surface area (TPSA) is 29.5 Å². The summed E-state index contributed by atoms with van der Waals surface area (Å²) in [5, 5.41) is 0. The van der Waals surface area contributed by atoms with E-state index in [1.54, 1.807) is 11.8 Å². The zero-order valence-corrected chi connectivity index (χ0v) is 16.2. The maximum atomic E-state index is 13.0. The minimum absolute atomic E-state index is 0.161. The molecule has 1 fully saturated rings. The number of hydrogen-bond donors (Lipinski definition) is 0. The highest BCUT2D eigenvalue weighted by molar-refractivity contribution is 7.99. The number of benzene rings is 2. The van der Waals surface area contributed by atoms with Gasteiger partial charge >= 0.3 is 0 Å². The second-order valence-corrected chi connectivity index (χ2v) is 8.00. The maximum absolute atomic E-state index is 13.0. The smallest absolute Gasteiger partial charge is 0.254 e. The molecule has 3 rings (SSSR count). The molecule has 138 valence electrons. The molecule has 0 aliphatic carbocycles. The molecule has 1 aliphatic heterocycles. The Bertz CT molecular complexity index is 704. The van der Waals surface area contributed by atoms with E-state index in [-0.39, 0.29) is 5.91 Å². The molecule has 0 radical (unpaired) electrons. The Morgan fingerprint density at radius 1 is 1.15 bits per heavy atom. The number of likely N-dealkylation sites (tertiary alicyclic amines) is 1. The van der Waals surface area contributed by atoms with E-state index in [4.69, 9.17) is 4.74 Å². The third-order valence-corrected chi connectivity index (χ3v) is 5.64. The van der Waals surface area contributed by atoms with Crippen LogP contribution in [-0.4, -0.2) is 36.3 Å². The van der Waals surface area contributed by atoms with Crippen LogP contribution in [0.3, 0.4) is 0 Å². The van der Waals surface area contributed by atoms with Crippen LogP contribution in [0.5, 0.6) is 0 Å². The molecule has 3 nitrogen and oxygen atoms in total. The number of hydrogen-bond acceptors (Lipinski definition) is 3. The zero-order chi connectivity index (χ0) is 18.2. The maximum Gasteiger partial charge on any atom is 0.254 e. The number of rotatable bonds is 7. The lowest BCUT2D eigenvalue weighted by atomic mass is 9.98. The van der Waals surface area contributed by atoms with Crippen LogP contribution >= 0.6 is 11.8 Å². The van der Waals surface area contributed by atoms with E-state index in [1.165, 1.54) is 5.56 Å². The Morgan fingerprint density at radius 2 is 1.92 bits per heavy atom. The summed E-state index contributed by atoms with van der Waals surface area (Å²) in [6, 6.07) is 18.2. The van der Waals surface area contributed by atoms with Crippen molar-refractivity contribution in [3.05, 3.63) is 65.7 Å². The second kappa shape index (κ2) is 9.79. The quantitative estimate of drug-likeness (QED) is 0.652. The number of nitrogens with zero attached hydrogens (tertiary/aromatic N) is 1. The first-order valence-electron chi connectivity index (χ1n) is 9.40. The summed E-state index contributed by atoms with van der Waals surface area (Å²) in [6.07, 6.45) is 2.18. The first kappa shape index (κ1) is 19.0. The normalized spacial score (nSPS) is 17.3. The minimum Gasteiger partial charge on any atom is -0.376 e. The van der Waals surface area contributed by atoms with Crippen LogP contribution in [0.1, 0.15) is 35.7 Å². The van der Waals surface area contributed by atoms with Crippen molar-refractivity contribution in [2.45, 2.75) is 31.3 Å². The minimum atomic E-state index is 0.161. The van der Waals surface area contributed by atoms with Gasteiger partial charge in [-0.15, -0.1) is 11.8 Å². The Balaban J connectivity index is 1.55. The van der Waals surface area contributed by atoms with E-state index < -0.39 is 0 Å². The zero-order valence-electron chi connectivity index (χ0n) is 15.4. The molecule has 1 saturated heterocycles. The van der Waals surface area contributed by atoms with Crippen molar-refractivity contribution in [3.8, 4) is 0 Å². The van der Waals surface area contributed by atoms with Gasteiger partial charge in [-0.25, -0.2) is 0 Å². The molecular formula is C22H27NO2S. The Kier molecular flexibility index (Phi) is 7.15. The van der Waals surface area contributed by atoms with Gasteiger partial charge in [-0.2, -0.15) is 0 Å². The summed E-state index contributed by atoms with van der Waals surface area (Å²) in [6.45, 7) is 5.11. The van der Waals surface area contributed by atoms with Crippen molar-refractivity contribution >= 4 is 17.7 Å². The lowest BCUT2D eigenvalue weighted by molar-refractivity contribution is 0.0423. The van der Waals surface area contributed by atoms with Gasteiger partial charge in [0.25, 0.3) is 5.91 Å². The second-order valence-electron chi connectivity index (χ2n) is 6.69. The van der Waals surface area contributed by atoms with Gasteiger partial charge in [0.15, 0.2) is 0 Å². The van der Waals surface area contributed by atoms with Crippen LogP contribution in [0.25, 0.3) is 0 Å². The number of piperidine rings is 1. The third kappa shape index (κ3) is 5.12. The SMILES string of the molecule is CCSc1ccccc1C(=O)N1CCCC(COCc2ccccc2)C1. The molecule has 1 aliphatic rings. The molecule has 0 bridgehead atoms. The molecule has 0 spiro atoms. The lowest BCUT2D eigenvalue weighted by Gasteiger charge is -2.33. The molecule has 0 saturated carbocycles. The monoisotopic (exact) mass is 369 g/mol. The number of carbonyl (C=O) groups is 1. The van der Waals surface area contributed by atoms with E-state index in [0.717, 1.165) is 42.1 Å². The van der Waals surface area contributed by atoms with Crippen LogP contribution in [0, 0.1) is 5.92 Å². The lowest BCUT2D eigenvalue weighted by Crippen LogP contribution is -2.41. The van der Waals surface area contributed by atoms with Crippen molar-refractivity contribution in [3.63, 3.8) is 0 Å². The molecule has 1 atom stereocenters. The number of carbonyl (C=O) groups excluding carboxylic acids is 1. The first-order valence-corrected chi connectivity index (χ1v) is 10.4. The number of amides is 1. The fourth-order valence-electron chi connectivity index (χ4n) is 3.40. The van der Waals surface area contributed by atoms with E-state index in [9.17, 15) is 4.79 Å². The van der Waals surface area contributed by atoms with Crippen molar-refractivity contribution < 1.29 is 9.53 Å². The van der Waals surface area contributed by atoms with Gasteiger partial charge in [0.2, 0.25) is 0 Å². The molecule has 2 aromatic rings. The van der Waals surface area contributed by atoms with E-state index >= 15 is 0 Å². The average Bonchev–Trinajstić information content (AvgIpc) is 2.69. The largest absolute Gasteiger partial charge is 0.376 e. The molecule has 4 heteroatoms. The number of ether oxygens (including phenoxy) is 1. The first-order chi connectivity index (χ1) is 12.8. The summed E-state index contributed by atoms with van der Waals surface area (Å²) in [4.78, 5) is 16.1. The van der Waals surface area contributed by atoms with Gasteiger partial charge in [0.05, 0.1) is 18.8 Å². The van der Waals surface area contributed by atoms with E-state index in [1.807, 2.05) is 47.4 Å². The fraction of sp³-hybridized carbons (Fsp3) is 0.409. The van der Waals surface area contributed by atoms with Crippen molar-refractivity contribution in [2.24, 2.45) is 5.92 Å². The standard InChI is InChI=1S/C22H27NO2S/c1-2-26-21-13-7-6-12-20(21)22(24)23-14-8-11-19(15-23)17-25-16-18-9-4-3-5-10-18/h3-7,9-10,12-13,19H,2,8,11,14-17H2,1H3. The highest BCUT2D eigenvalue weighted by Crippen LogP contribution is 2.26. The van der Waals surface area contributed by atoms with Gasteiger partial charge in [0, 0.05) is 18.0 Å². The molecule has 1 amide bonds. The number of thioether (sulfide) groups is 1. The van der Waals surface area contributed by atoms with E-state index in [0.29, 0.717) is 19.1 Å². The van der Waals surface area contributed by atoms with Gasteiger partial charge in [-0.1, -0.05) is 49.4 Å². The van der Waals surface area contributed by atoms with Crippen LogP contribution < -0.4 is 0 Å². The van der Waals surface area contributed by atoms with Gasteiger partial charge in [-0.3, -0.25) is 4.79 Å². The highest BCUT2D eigenvalue weighted by Gasteiger charge is 2.25. The van der Waals surface area contributed by atoms with Crippen molar-refractivity contribution in [2.75, 3.05) is 25.4 Å². The van der Waals surface area contributed by atoms with Gasteiger partial charge < -0.3 is 9.64 Å². The summed E-state index contributed by atoms with van der Waals surface area (Å²) in [7, 11) is 0. The molecule has 26 heavy (non-hydrogen) atoms. The van der Waals surface area contributed by atoms with E-state index in [2.05, 4.69) is 19.1 Å². The summed E-state index contributed by atoms with van der Waals surface area (Å²) >= 11 is 1.73. The Morgan fingerprint density at radius 3 is 2.73 bits per heavy atom. The van der Waals surface area contributed by atoms with Gasteiger partial charge in [0.1, 0.15) is 0 Å². The van der Waals surface area contributed by atoms with Crippen LogP contribution in [0.4, 0.5) is 0 Å². The average molecular weight is 370 g/mol. The molecule has 0 N–H and O–H groups in total. The predicted molar refractivity (Wildman–Crippen MR) is 108 cm³/mol. The Labute approximate surface area is 160 Å². The van der Waals surface area contributed by atoms with Crippen LogP contribution in [0.2, 0.25) is 0 Å². The van der Waals surface area contributed by atoms with Crippen LogP contribution in [-0.2, 0) is 11.3 Å². The van der Waals surface area contributed by atoms with Crippen molar-refractivity contribution in [1.29, 1.82) is 0 Å². The summed E-state index contributed by atoms with van der Waals surface area (Å²) in [5.74, 6) is 1.55. The van der Waals surface area contributed by atoms with Crippen LogP contribution in [0.15, 0.2) is 59.5 Å². The molecule has 0 aromatic heterocycles. The fourth-order valence-corrected chi connectivity index (χ4v) is 4.19. The Hall–Kier alpha value is -1.78. The molecule has 1 heterocycles.